The lowest BCUT2D eigenvalue weighted by Crippen LogP contribution is -2.35. The summed E-state index contributed by atoms with van der Waals surface area (Å²) in [4.78, 5) is 4.30. The Labute approximate surface area is 170 Å². The Hall–Kier alpha value is -0.250. The molecule has 5 nitrogen and oxygen atoms in total. The molecule has 136 valence electrons. The van der Waals surface area contributed by atoms with Crippen LogP contribution >= 0.6 is 47.2 Å². The highest BCUT2D eigenvalue weighted by atomic mass is 127. The third-order valence-electron chi connectivity index (χ3n) is 3.90. The van der Waals surface area contributed by atoms with Gasteiger partial charge in [-0.05, 0) is 37.5 Å². The van der Waals surface area contributed by atoms with Crippen LogP contribution in [0.4, 0.5) is 0 Å². The summed E-state index contributed by atoms with van der Waals surface area (Å²) in [6.07, 6.45) is 2.99. The van der Waals surface area contributed by atoms with Gasteiger partial charge < -0.3 is 11.1 Å². The Morgan fingerprint density at radius 2 is 2.04 bits per heavy atom. The number of benzene rings is 1. The Balaban J connectivity index is 0.00000288. The molecular weight excluding hydrogens is 484 g/mol. The van der Waals surface area contributed by atoms with Gasteiger partial charge in [-0.3, -0.25) is 4.99 Å². The molecule has 0 radical (unpaired) electrons. The molecule has 1 aromatic carbocycles. The number of aliphatic imine (C=N–C) groups is 1. The van der Waals surface area contributed by atoms with E-state index in [4.69, 9.17) is 28.9 Å². The molecule has 0 amide bonds. The van der Waals surface area contributed by atoms with Gasteiger partial charge in [0.05, 0.1) is 11.8 Å². The van der Waals surface area contributed by atoms with E-state index in [0.717, 1.165) is 18.4 Å². The molecular formula is C15H22Cl2IN3O2S. The number of hydrogen-bond donors (Lipinski definition) is 2. The zero-order valence-corrected chi connectivity index (χ0v) is 18.2. The molecule has 24 heavy (non-hydrogen) atoms. The van der Waals surface area contributed by atoms with Gasteiger partial charge >= 0.3 is 0 Å². The second-order valence-electron chi connectivity index (χ2n) is 6.30. The maximum Gasteiger partial charge on any atom is 0.189 e. The Bertz CT molecular complexity index is 721. The van der Waals surface area contributed by atoms with Gasteiger partial charge in [0.15, 0.2) is 5.96 Å². The first-order chi connectivity index (χ1) is 10.6. The van der Waals surface area contributed by atoms with Crippen LogP contribution in [-0.4, -0.2) is 32.9 Å². The number of sulfone groups is 1. The molecule has 1 aromatic rings. The SMILES string of the molecule is CC(NC(N)=NCC1(CS(C)(=O)=O)CC1)c1ccc(Cl)cc1Cl.I. The number of hydrogen-bond acceptors (Lipinski definition) is 3. The first-order valence-electron chi connectivity index (χ1n) is 7.29. The molecule has 0 aliphatic heterocycles. The molecule has 0 bridgehead atoms. The number of halogens is 3. The van der Waals surface area contributed by atoms with E-state index in [0.29, 0.717) is 16.6 Å². The fourth-order valence-corrected chi connectivity index (χ4v) is 4.60. The topological polar surface area (TPSA) is 84.5 Å². The van der Waals surface area contributed by atoms with Crippen molar-refractivity contribution < 1.29 is 8.42 Å². The quantitative estimate of drug-likeness (QED) is 0.352. The lowest BCUT2D eigenvalue weighted by molar-refractivity contribution is 0.550. The van der Waals surface area contributed by atoms with Gasteiger partial charge in [0.1, 0.15) is 9.84 Å². The zero-order chi connectivity index (χ0) is 17.3. The number of nitrogens with zero attached hydrogens (tertiary/aromatic N) is 1. The summed E-state index contributed by atoms with van der Waals surface area (Å²) in [6.45, 7) is 2.33. The molecule has 1 atom stereocenters. The molecule has 0 aromatic heterocycles. The molecule has 0 spiro atoms. The van der Waals surface area contributed by atoms with Crippen molar-refractivity contribution in [3.63, 3.8) is 0 Å². The number of nitrogens with one attached hydrogen (secondary N) is 1. The highest BCUT2D eigenvalue weighted by molar-refractivity contribution is 14.0. The fourth-order valence-electron chi connectivity index (χ4n) is 2.53. The summed E-state index contributed by atoms with van der Waals surface area (Å²) in [5.41, 5.74) is 6.54. The molecule has 1 unspecified atom stereocenters. The van der Waals surface area contributed by atoms with Crippen LogP contribution in [0.25, 0.3) is 0 Å². The van der Waals surface area contributed by atoms with E-state index >= 15 is 0 Å². The minimum atomic E-state index is -3.00. The van der Waals surface area contributed by atoms with Gasteiger partial charge in [-0.2, -0.15) is 0 Å². The van der Waals surface area contributed by atoms with Gasteiger partial charge in [0.25, 0.3) is 0 Å². The van der Waals surface area contributed by atoms with E-state index in [1.165, 1.54) is 6.26 Å². The lowest BCUT2D eigenvalue weighted by atomic mass is 10.1. The van der Waals surface area contributed by atoms with Crippen LogP contribution in [0, 0.1) is 5.41 Å². The third kappa shape index (κ3) is 6.57. The Morgan fingerprint density at radius 3 is 2.54 bits per heavy atom. The average molecular weight is 506 g/mol. The zero-order valence-electron chi connectivity index (χ0n) is 13.6. The summed E-state index contributed by atoms with van der Waals surface area (Å²) < 4.78 is 22.9. The van der Waals surface area contributed by atoms with Crippen LogP contribution in [-0.2, 0) is 9.84 Å². The first-order valence-corrected chi connectivity index (χ1v) is 10.1. The molecule has 0 heterocycles. The second-order valence-corrected chi connectivity index (χ2v) is 9.29. The van der Waals surface area contributed by atoms with E-state index in [-0.39, 0.29) is 47.1 Å². The largest absolute Gasteiger partial charge is 0.370 e. The minimum absolute atomic E-state index is 0. The Kier molecular flexibility index (Phi) is 7.65. The van der Waals surface area contributed by atoms with Crippen LogP contribution in [0.1, 0.15) is 31.4 Å². The number of nitrogens with two attached hydrogens (primary N) is 1. The average Bonchev–Trinajstić information content (AvgIpc) is 3.14. The lowest BCUT2D eigenvalue weighted by Gasteiger charge is -2.17. The molecule has 1 saturated carbocycles. The molecule has 1 aliphatic carbocycles. The van der Waals surface area contributed by atoms with Crippen molar-refractivity contribution in [2.75, 3.05) is 18.6 Å². The number of guanidine groups is 1. The highest BCUT2D eigenvalue weighted by Gasteiger charge is 2.45. The van der Waals surface area contributed by atoms with Crippen molar-refractivity contribution in [2.24, 2.45) is 16.1 Å². The van der Waals surface area contributed by atoms with E-state index < -0.39 is 9.84 Å². The van der Waals surface area contributed by atoms with Gasteiger partial charge in [-0.1, -0.05) is 29.3 Å². The fraction of sp³-hybridized carbons (Fsp3) is 0.533. The van der Waals surface area contributed by atoms with E-state index in [9.17, 15) is 8.42 Å². The number of rotatable bonds is 6. The molecule has 1 aliphatic rings. The summed E-state index contributed by atoms with van der Waals surface area (Å²) >= 11 is 12.1. The van der Waals surface area contributed by atoms with E-state index in [2.05, 4.69) is 10.3 Å². The second kappa shape index (κ2) is 8.42. The van der Waals surface area contributed by atoms with E-state index in [1.54, 1.807) is 12.1 Å². The van der Waals surface area contributed by atoms with Crippen LogP contribution < -0.4 is 11.1 Å². The molecule has 9 heteroatoms. The highest BCUT2D eigenvalue weighted by Crippen LogP contribution is 2.46. The van der Waals surface area contributed by atoms with Crippen molar-refractivity contribution in [2.45, 2.75) is 25.8 Å². The summed E-state index contributed by atoms with van der Waals surface area (Å²) in [6, 6.07) is 5.14. The van der Waals surface area contributed by atoms with Crippen molar-refractivity contribution in [3.05, 3.63) is 33.8 Å². The van der Waals surface area contributed by atoms with Gasteiger partial charge in [-0.25, -0.2) is 8.42 Å². The van der Waals surface area contributed by atoms with Crippen molar-refractivity contribution in [1.82, 2.24) is 5.32 Å². The predicted molar refractivity (Wildman–Crippen MR) is 111 cm³/mol. The minimum Gasteiger partial charge on any atom is -0.370 e. The third-order valence-corrected chi connectivity index (χ3v) is 5.60. The monoisotopic (exact) mass is 505 g/mol. The van der Waals surface area contributed by atoms with Gasteiger partial charge in [0.2, 0.25) is 0 Å². The molecule has 0 saturated heterocycles. The first kappa shape index (κ1) is 21.8. The van der Waals surface area contributed by atoms with Gasteiger partial charge in [-0.15, -0.1) is 24.0 Å². The van der Waals surface area contributed by atoms with Crippen molar-refractivity contribution in [3.8, 4) is 0 Å². The van der Waals surface area contributed by atoms with Crippen LogP contribution in [0.3, 0.4) is 0 Å². The normalized spacial score (nSPS) is 17.8. The molecule has 1 fully saturated rings. The Morgan fingerprint density at radius 1 is 1.42 bits per heavy atom. The standard InChI is InChI=1S/C15H21Cl2N3O2S.HI/c1-10(12-4-3-11(16)7-13(12)17)20-14(18)19-8-15(5-6-15)9-23(2,21)22;/h3-4,7,10H,5-6,8-9H2,1-2H3,(H3,18,19,20);1H. The molecule has 3 N–H and O–H groups in total. The van der Waals surface area contributed by atoms with Crippen molar-refractivity contribution in [1.29, 1.82) is 0 Å². The maximum absolute atomic E-state index is 11.4. The van der Waals surface area contributed by atoms with Crippen LogP contribution in [0.5, 0.6) is 0 Å². The predicted octanol–water partition coefficient (Wildman–Crippen LogP) is 3.40. The molecule has 2 rings (SSSR count). The van der Waals surface area contributed by atoms with E-state index in [1.807, 2.05) is 13.0 Å². The summed E-state index contributed by atoms with van der Waals surface area (Å²) in [5, 5.41) is 4.20. The van der Waals surface area contributed by atoms with Gasteiger partial charge in [0, 0.05) is 28.3 Å². The summed E-state index contributed by atoms with van der Waals surface area (Å²) in [5.74, 6) is 0.443. The van der Waals surface area contributed by atoms with Crippen LogP contribution in [0.2, 0.25) is 10.0 Å². The maximum atomic E-state index is 11.4. The smallest absolute Gasteiger partial charge is 0.189 e. The summed E-state index contributed by atoms with van der Waals surface area (Å²) in [7, 11) is -3.00. The van der Waals surface area contributed by atoms with Crippen LogP contribution in [0.15, 0.2) is 23.2 Å². The van der Waals surface area contributed by atoms with Crippen molar-refractivity contribution >= 4 is 63.0 Å².